The normalized spacial score (nSPS) is 15.7. The highest BCUT2D eigenvalue weighted by atomic mass is 16.6. The number of aliphatic hydroxyl groups is 1. The van der Waals surface area contributed by atoms with Gasteiger partial charge in [-0.25, -0.2) is 4.79 Å². The quantitative estimate of drug-likeness (QED) is 0.877. The molecule has 1 aliphatic heterocycles. The van der Waals surface area contributed by atoms with E-state index in [1.807, 2.05) is 54.6 Å². The number of ether oxygens (including phenoxy) is 1. The first-order valence-electron chi connectivity index (χ1n) is 8.72. The summed E-state index contributed by atoms with van der Waals surface area (Å²) in [7, 11) is 0. The molecule has 0 atom stereocenters. The summed E-state index contributed by atoms with van der Waals surface area (Å²) in [6.07, 6.45) is 2.06. The lowest BCUT2D eigenvalue weighted by atomic mass is 10.1. The number of nitrogens with one attached hydrogen (secondary N) is 1. The van der Waals surface area contributed by atoms with Crippen molar-refractivity contribution < 1.29 is 14.6 Å². The second kappa shape index (κ2) is 8.65. The number of para-hydroxylation sites is 1. The fourth-order valence-electron chi connectivity index (χ4n) is 2.93. The molecule has 5 nitrogen and oxygen atoms in total. The second-order valence-corrected chi connectivity index (χ2v) is 6.35. The molecule has 132 valence electrons. The highest BCUT2D eigenvalue weighted by Gasteiger charge is 2.16. The monoisotopic (exact) mass is 340 g/mol. The Balaban J connectivity index is 1.44. The third kappa shape index (κ3) is 5.59. The minimum Gasteiger partial charge on any atom is -0.410 e. The van der Waals surface area contributed by atoms with E-state index in [4.69, 9.17) is 4.74 Å². The molecule has 1 fully saturated rings. The van der Waals surface area contributed by atoms with Crippen LogP contribution in [0.5, 0.6) is 5.75 Å². The number of benzene rings is 2. The average Bonchev–Trinajstić information content (AvgIpc) is 2.63. The van der Waals surface area contributed by atoms with Crippen molar-refractivity contribution in [1.82, 2.24) is 4.90 Å². The van der Waals surface area contributed by atoms with E-state index in [1.165, 1.54) is 5.56 Å². The number of aliphatic hydroxyl groups excluding tert-OH is 1. The molecule has 0 unspecified atom stereocenters. The van der Waals surface area contributed by atoms with E-state index >= 15 is 0 Å². The Morgan fingerprint density at radius 1 is 1.08 bits per heavy atom. The number of piperidine rings is 1. The van der Waals surface area contributed by atoms with Crippen molar-refractivity contribution in [2.45, 2.75) is 25.4 Å². The zero-order valence-electron chi connectivity index (χ0n) is 14.2. The molecule has 5 heteroatoms. The van der Waals surface area contributed by atoms with Crippen molar-refractivity contribution in [1.29, 1.82) is 0 Å². The maximum atomic E-state index is 11.9. The van der Waals surface area contributed by atoms with Crippen molar-refractivity contribution in [2.75, 3.05) is 25.0 Å². The molecule has 2 aromatic rings. The van der Waals surface area contributed by atoms with Crippen LogP contribution < -0.4 is 10.1 Å². The number of nitrogens with zero attached hydrogens (tertiary/aromatic N) is 1. The molecule has 3 rings (SSSR count). The van der Waals surface area contributed by atoms with Gasteiger partial charge < -0.3 is 14.7 Å². The van der Waals surface area contributed by atoms with Gasteiger partial charge in [0.1, 0.15) is 5.75 Å². The largest absolute Gasteiger partial charge is 0.417 e. The standard InChI is InChI=1S/C20H24N2O3/c23-18-11-14-22(15-12-18)13-10-16-6-8-19(9-7-16)25-20(24)21-17-4-2-1-3-5-17/h1-9,18,23H,10-15H2,(H,21,24). The summed E-state index contributed by atoms with van der Waals surface area (Å²) in [6.45, 7) is 2.91. The van der Waals surface area contributed by atoms with Crippen LogP contribution >= 0.6 is 0 Å². The molecule has 0 bridgehead atoms. The van der Waals surface area contributed by atoms with Gasteiger partial charge in [0.2, 0.25) is 0 Å². The topological polar surface area (TPSA) is 61.8 Å². The molecule has 0 radical (unpaired) electrons. The maximum absolute atomic E-state index is 11.9. The number of hydrogen-bond acceptors (Lipinski definition) is 4. The maximum Gasteiger partial charge on any atom is 0.417 e. The third-order valence-corrected chi connectivity index (χ3v) is 4.43. The lowest BCUT2D eigenvalue weighted by molar-refractivity contribution is 0.0832. The fourth-order valence-corrected chi connectivity index (χ4v) is 2.93. The van der Waals surface area contributed by atoms with Crippen molar-refractivity contribution in [2.24, 2.45) is 0 Å². The van der Waals surface area contributed by atoms with Gasteiger partial charge in [0.15, 0.2) is 0 Å². The Hall–Kier alpha value is -2.37. The number of anilines is 1. The lowest BCUT2D eigenvalue weighted by Gasteiger charge is -2.29. The van der Waals surface area contributed by atoms with Crippen LogP contribution in [0.25, 0.3) is 0 Å². The van der Waals surface area contributed by atoms with Crippen LogP contribution in [0.3, 0.4) is 0 Å². The first-order chi connectivity index (χ1) is 12.2. The highest BCUT2D eigenvalue weighted by molar-refractivity contribution is 5.86. The van der Waals surface area contributed by atoms with Crippen LogP contribution in [0.2, 0.25) is 0 Å². The summed E-state index contributed by atoms with van der Waals surface area (Å²) < 4.78 is 5.29. The van der Waals surface area contributed by atoms with Crippen LogP contribution in [0, 0.1) is 0 Å². The Bertz CT molecular complexity index is 665. The molecule has 1 amide bonds. The van der Waals surface area contributed by atoms with Gasteiger partial charge in [-0.15, -0.1) is 0 Å². The van der Waals surface area contributed by atoms with Gasteiger partial charge in [-0.1, -0.05) is 30.3 Å². The summed E-state index contributed by atoms with van der Waals surface area (Å²) in [5.41, 5.74) is 1.91. The van der Waals surface area contributed by atoms with Gasteiger partial charge in [-0.2, -0.15) is 0 Å². The number of carbonyl (C=O) groups excluding carboxylic acids is 1. The van der Waals surface area contributed by atoms with E-state index in [0.717, 1.165) is 38.9 Å². The van der Waals surface area contributed by atoms with Gasteiger partial charge in [0.05, 0.1) is 6.10 Å². The van der Waals surface area contributed by atoms with E-state index in [0.29, 0.717) is 11.4 Å². The molecular formula is C20H24N2O3. The van der Waals surface area contributed by atoms with Crippen molar-refractivity contribution in [3.05, 3.63) is 60.2 Å². The van der Waals surface area contributed by atoms with Crippen LogP contribution in [0.1, 0.15) is 18.4 Å². The lowest BCUT2D eigenvalue weighted by Crippen LogP contribution is -2.37. The molecule has 0 spiro atoms. The van der Waals surface area contributed by atoms with E-state index in [2.05, 4.69) is 10.2 Å². The predicted octanol–water partition coefficient (Wildman–Crippen LogP) is 3.30. The smallest absolute Gasteiger partial charge is 0.410 e. The Morgan fingerprint density at radius 3 is 2.44 bits per heavy atom. The second-order valence-electron chi connectivity index (χ2n) is 6.35. The van der Waals surface area contributed by atoms with E-state index in [1.54, 1.807) is 0 Å². The van der Waals surface area contributed by atoms with Crippen LogP contribution in [0.15, 0.2) is 54.6 Å². The molecule has 1 saturated heterocycles. The van der Waals surface area contributed by atoms with E-state index in [-0.39, 0.29) is 6.10 Å². The highest BCUT2D eigenvalue weighted by Crippen LogP contribution is 2.16. The van der Waals surface area contributed by atoms with Crippen molar-refractivity contribution >= 4 is 11.8 Å². The Labute approximate surface area is 148 Å². The van der Waals surface area contributed by atoms with Gasteiger partial charge >= 0.3 is 6.09 Å². The first-order valence-corrected chi connectivity index (χ1v) is 8.72. The summed E-state index contributed by atoms with van der Waals surface area (Å²) in [6, 6.07) is 16.8. The Kier molecular flexibility index (Phi) is 6.04. The zero-order valence-corrected chi connectivity index (χ0v) is 14.2. The molecule has 25 heavy (non-hydrogen) atoms. The number of rotatable bonds is 5. The fraction of sp³-hybridized carbons (Fsp3) is 0.350. The van der Waals surface area contributed by atoms with Gasteiger partial charge in [-0.05, 0) is 49.1 Å². The molecule has 2 aromatic carbocycles. The summed E-state index contributed by atoms with van der Waals surface area (Å²) >= 11 is 0. The first kappa shape index (κ1) is 17.5. The predicted molar refractivity (Wildman–Crippen MR) is 97.9 cm³/mol. The molecule has 1 heterocycles. The Morgan fingerprint density at radius 2 is 1.76 bits per heavy atom. The van der Waals surface area contributed by atoms with Crippen LogP contribution in [-0.2, 0) is 6.42 Å². The zero-order chi connectivity index (χ0) is 17.5. The van der Waals surface area contributed by atoms with Crippen molar-refractivity contribution in [3.63, 3.8) is 0 Å². The molecule has 0 aromatic heterocycles. The SMILES string of the molecule is O=C(Nc1ccccc1)Oc1ccc(CCN2CCC(O)CC2)cc1. The number of carbonyl (C=O) groups is 1. The third-order valence-electron chi connectivity index (χ3n) is 4.43. The number of likely N-dealkylation sites (tertiary alicyclic amines) is 1. The summed E-state index contributed by atoms with van der Waals surface area (Å²) in [4.78, 5) is 14.2. The van der Waals surface area contributed by atoms with Crippen LogP contribution in [-0.4, -0.2) is 41.8 Å². The van der Waals surface area contributed by atoms with E-state index < -0.39 is 6.09 Å². The summed E-state index contributed by atoms with van der Waals surface area (Å²) in [5.74, 6) is 0.526. The van der Waals surface area contributed by atoms with Gasteiger partial charge in [-0.3, -0.25) is 5.32 Å². The van der Waals surface area contributed by atoms with E-state index in [9.17, 15) is 9.90 Å². The van der Waals surface area contributed by atoms with Crippen LogP contribution in [0.4, 0.5) is 10.5 Å². The minimum absolute atomic E-state index is 0.130. The minimum atomic E-state index is -0.495. The van der Waals surface area contributed by atoms with Crippen molar-refractivity contribution in [3.8, 4) is 5.75 Å². The summed E-state index contributed by atoms with van der Waals surface area (Å²) in [5, 5.41) is 12.2. The molecule has 0 saturated carbocycles. The van der Waals surface area contributed by atoms with Gasteiger partial charge in [0.25, 0.3) is 0 Å². The molecule has 1 aliphatic rings. The molecular weight excluding hydrogens is 316 g/mol. The molecule has 0 aliphatic carbocycles. The molecule has 2 N–H and O–H groups in total. The average molecular weight is 340 g/mol. The number of amides is 1. The number of hydrogen-bond donors (Lipinski definition) is 2. The van der Waals surface area contributed by atoms with Gasteiger partial charge in [0, 0.05) is 25.3 Å².